The highest BCUT2D eigenvalue weighted by molar-refractivity contribution is 5.99. The smallest absolute Gasteiger partial charge is 0.267 e. The van der Waals surface area contributed by atoms with Gasteiger partial charge < -0.3 is 9.64 Å². The van der Waals surface area contributed by atoms with Gasteiger partial charge in [0, 0.05) is 19.4 Å². The third kappa shape index (κ3) is 4.93. The number of amides is 2. The van der Waals surface area contributed by atoms with Gasteiger partial charge in [0.15, 0.2) is 6.10 Å². The molecule has 152 valence electrons. The zero-order chi connectivity index (χ0) is 19.3. The molecule has 1 unspecified atom stereocenters. The van der Waals surface area contributed by atoms with Crippen molar-refractivity contribution in [1.29, 1.82) is 0 Å². The summed E-state index contributed by atoms with van der Waals surface area (Å²) in [4.78, 5) is 25.7. The molecule has 4 rings (SSSR count). The van der Waals surface area contributed by atoms with Gasteiger partial charge in [-0.3, -0.25) is 14.9 Å². The lowest BCUT2D eigenvalue weighted by Crippen LogP contribution is -2.46. The predicted molar refractivity (Wildman–Crippen MR) is 108 cm³/mol. The molecule has 2 amide bonds. The molecule has 0 bridgehead atoms. The lowest BCUT2D eigenvalue weighted by atomic mass is 9.86. The van der Waals surface area contributed by atoms with Crippen LogP contribution in [0.4, 0.5) is 0 Å². The highest BCUT2D eigenvalue weighted by Gasteiger charge is 2.28. The van der Waals surface area contributed by atoms with Crippen LogP contribution in [0.15, 0.2) is 24.3 Å². The molecule has 3 fully saturated rings. The Bertz CT molecular complexity index is 674. The molecule has 5 heteroatoms. The van der Waals surface area contributed by atoms with Crippen LogP contribution in [-0.2, 0) is 9.59 Å². The molecule has 3 aliphatic rings. The molecule has 2 heterocycles. The van der Waals surface area contributed by atoms with Crippen LogP contribution in [0, 0.1) is 5.92 Å². The van der Waals surface area contributed by atoms with Crippen molar-refractivity contribution in [3.05, 3.63) is 29.8 Å². The van der Waals surface area contributed by atoms with E-state index >= 15 is 0 Å². The number of rotatable bonds is 5. The van der Waals surface area contributed by atoms with Crippen LogP contribution in [0.25, 0.3) is 0 Å². The number of ether oxygens (including phenoxy) is 1. The van der Waals surface area contributed by atoms with Gasteiger partial charge in [-0.2, -0.15) is 0 Å². The summed E-state index contributed by atoms with van der Waals surface area (Å²) in [5.74, 6) is 1.70. The average Bonchev–Trinajstić information content (AvgIpc) is 2.72. The molecule has 1 N–H and O–H groups in total. The monoisotopic (exact) mass is 384 g/mol. The first-order chi connectivity index (χ1) is 13.7. The van der Waals surface area contributed by atoms with E-state index in [0.717, 1.165) is 5.92 Å². The Morgan fingerprint density at radius 2 is 1.64 bits per heavy atom. The topological polar surface area (TPSA) is 58.6 Å². The van der Waals surface area contributed by atoms with Crippen LogP contribution < -0.4 is 10.1 Å². The number of piperidine rings is 2. The Hall–Kier alpha value is -1.88. The Morgan fingerprint density at radius 3 is 2.32 bits per heavy atom. The van der Waals surface area contributed by atoms with E-state index in [2.05, 4.69) is 22.3 Å². The second kappa shape index (κ2) is 9.08. The highest BCUT2D eigenvalue weighted by Crippen LogP contribution is 2.31. The van der Waals surface area contributed by atoms with Gasteiger partial charge in [0.2, 0.25) is 5.91 Å². The Kier molecular flexibility index (Phi) is 6.30. The zero-order valence-electron chi connectivity index (χ0n) is 16.7. The molecule has 1 aromatic rings. The van der Waals surface area contributed by atoms with Crippen molar-refractivity contribution in [2.75, 3.05) is 19.6 Å². The van der Waals surface area contributed by atoms with E-state index in [9.17, 15) is 9.59 Å². The van der Waals surface area contributed by atoms with Crippen molar-refractivity contribution in [3.63, 3.8) is 0 Å². The number of hydrogen-bond donors (Lipinski definition) is 1. The summed E-state index contributed by atoms with van der Waals surface area (Å²) >= 11 is 0. The van der Waals surface area contributed by atoms with Gasteiger partial charge in [-0.05, 0) is 68.3 Å². The minimum absolute atomic E-state index is 0.213. The predicted octanol–water partition coefficient (Wildman–Crippen LogP) is 3.63. The molecule has 1 aromatic carbocycles. The largest absolute Gasteiger partial charge is 0.481 e. The quantitative estimate of drug-likeness (QED) is 0.788. The van der Waals surface area contributed by atoms with Crippen molar-refractivity contribution in [2.24, 2.45) is 5.92 Å². The molecule has 2 aliphatic heterocycles. The van der Waals surface area contributed by atoms with Crippen LogP contribution in [0.1, 0.15) is 69.3 Å². The van der Waals surface area contributed by atoms with Crippen LogP contribution in [0.3, 0.4) is 0 Å². The molecule has 1 saturated carbocycles. The third-order valence-corrected chi connectivity index (χ3v) is 6.65. The number of carbonyl (C=O) groups excluding carboxylic acids is 2. The molecular weight excluding hydrogens is 352 g/mol. The summed E-state index contributed by atoms with van der Waals surface area (Å²) in [5, 5.41) is 2.34. The Labute approximate surface area is 167 Å². The minimum atomic E-state index is -0.563. The number of benzene rings is 1. The summed E-state index contributed by atoms with van der Waals surface area (Å²) in [6, 6.07) is 8.21. The number of hydrogen-bond acceptors (Lipinski definition) is 4. The molecule has 0 aromatic heterocycles. The molecule has 28 heavy (non-hydrogen) atoms. The maximum atomic E-state index is 11.8. The first-order valence-corrected chi connectivity index (χ1v) is 11.0. The molecule has 0 spiro atoms. The van der Waals surface area contributed by atoms with Crippen molar-refractivity contribution < 1.29 is 14.3 Å². The van der Waals surface area contributed by atoms with Crippen LogP contribution in [0.2, 0.25) is 0 Å². The lowest BCUT2D eigenvalue weighted by molar-refractivity contribution is -0.138. The van der Waals surface area contributed by atoms with Crippen LogP contribution >= 0.6 is 0 Å². The van der Waals surface area contributed by atoms with Gasteiger partial charge >= 0.3 is 0 Å². The van der Waals surface area contributed by atoms with E-state index in [4.69, 9.17) is 4.74 Å². The third-order valence-electron chi connectivity index (χ3n) is 6.65. The molecule has 1 aliphatic carbocycles. The SMILES string of the molecule is O=C1CCC(Oc2ccc(C3CCN(CC4CCCCC4)CC3)cc2)C(=O)N1. The Balaban J connectivity index is 1.25. The van der Waals surface area contributed by atoms with Gasteiger partial charge in [0.05, 0.1) is 0 Å². The van der Waals surface area contributed by atoms with Crippen molar-refractivity contribution in [2.45, 2.75) is 69.8 Å². The Morgan fingerprint density at radius 1 is 0.929 bits per heavy atom. The van der Waals surface area contributed by atoms with E-state index in [-0.39, 0.29) is 11.8 Å². The van der Waals surface area contributed by atoms with Gasteiger partial charge in [-0.15, -0.1) is 0 Å². The van der Waals surface area contributed by atoms with Crippen LogP contribution in [-0.4, -0.2) is 42.5 Å². The van der Waals surface area contributed by atoms with Crippen molar-refractivity contribution in [3.8, 4) is 5.75 Å². The fraction of sp³-hybridized carbons (Fsp3) is 0.652. The second-order valence-corrected chi connectivity index (χ2v) is 8.71. The maximum Gasteiger partial charge on any atom is 0.267 e. The molecule has 2 saturated heterocycles. The maximum absolute atomic E-state index is 11.8. The van der Waals surface area contributed by atoms with Gasteiger partial charge in [0.1, 0.15) is 5.75 Å². The summed E-state index contributed by atoms with van der Waals surface area (Å²) in [5.41, 5.74) is 1.37. The summed E-state index contributed by atoms with van der Waals surface area (Å²) in [6.45, 7) is 3.71. The zero-order valence-corrected chi connectivity index (χ0v) is 16.7. The highest BCUT2D eigenvalue weighted by atomic mass is 16.5. The number of likely N-dealkylation sites (tertiary alicyclic amines) is 1. The molecule has 5 nitrogen and oxygen atoms in total. The van der Waals surface area contributed by atoms with Gasteiger partial charge in [-0.1, -0.05) is 31.4 Å². The van der Waals surface area contributed by atoms with Gasteiger partial charge in [-0.25, -0.2) is 0 Å². The standard InChI is InChI=1S/C23H32N2O3/c26-22-11-10-21(23(27)24-22)28-20-8-6-18(7-9-20)19-12-14-25(15-13-19)16-17-4-2-1-3-5-17/h6-9,17,19,21H,1-5,10-16H2,(H,24,26,27). The van der Waals surface area contributed by atoms with E-state index in [1.807, 2.05) is 12.1 Å². The van der Waals surface area contributed by atoms with Crippen LogP contribution in [0.5, 0.6) is 5.75 Å². The minimum Gasteiger partial charge on any atom is -0.481 e. The first-order valence-electron chi connectivity index (χ1n) is 11.0. The molecule has 0 radical (unpaired) electrons. The van der Waals surface area contributed by atoms with E-state index < -0.39 is 6.10 Å². The first kappa shape index (κ1) is 19.4. The van der Waals surface area contributed by atoms with E-state index in [1.54, 1.807) is 0 Å². The number of carbonyl (C=O) groups is 2. The number of nitrogens with one attached hydrogen (secondary N) is 1. The fourth-order valence-corrected chi connectivity index (χ4v) is 4.95. The summed E-state index contributed by atoms with van der Waals surface area (Å²) in [7, 11) is 0. The summed E-state index contributed by atoms with van der Waals surface area (Å²) in [6.07, 6.45) is 9.81. The van der Waals surface area contributed by atoms with E-state index in [1.165, 1.54) is 70.1 Å². The van der Waals surface area contributed by atoms with Crippen molar-refractivity contribution >= 4 is 11.8 Å². The lowest BCUT2D eigenvalue weighted by Gasteiger charge is -2.35. The summed E-state index contributed by atoms with van der Waals surface area (Å²) < 4.78 is 5.79. The fourth-order valence-electron chi connectivity index (χ4n) is 4.95. The second-order valence-electron chi connectivity index (χ2n) is 8.71. The molecular formula is C23H32N2O3. The number of imide groups is 1. The normalized spacial score (nSPS) is 25.5. The number of nitrogens with zero attached hydrogens (tertiary/aromatic N) is 1. The van der Waals surface area contributed by atoms with Crippen molar-refractivity contribution in [1.82, 2.24) is 10.2 Å². The van der Waals surface area contributed by atoms with Gasteiger partial charge in [0.25, 0.3) is 5.91 Å². The molecule has 1 atom stereocenters. The van der Waals surface area contributed by atoms with E-state index in [0.29, 0.717) is 24.5 Å². The average molecular weight is 385 g/mol.